The maximum absolute atomic E-state index is 11.4. The molecule has 0 fully saturated rings. The Morgan fingerprint density at radius 3 is 2.10 bits per heavy atom. The summed E-state index contributed by atoms with van der Waals surface area (Å²) >= 11 is 0. The first-order valence-electron chi connectivity index (χ1n) is 6.13. The van der Waals surface area contributed by atoms with E-state index in [1.165, 1.54) is 21.1 Å². The van der Waals surface area contributed by atoms with Gasteiger partial charge in [-0.25, -0.2) is 8.42 Å². The molecule has 0 amide bonds. The quantitative estimate of drug-likeness (QED) is 0.837. The maximum atomic E-state index is 11.4. The Kier molecular flexibility index (Phi) is 4.88. The lowest BCUT2D eigenvalue weighted by atomic mass is 9.94. The topological polar surface area (TPSA) is 95.9 Å². The van der Waals surface area contributed by atoms with Crippen LogP contribution in [-0.2, 0) is 10.1 Å². The highest BCUT2D eigenvalue weighted by molar-refractivity contribution is 7.86. The lowest BCUT2D eigenvalue weighted by Crippen LogP contribution is -2.09. The van der Waals surface area contributed by atoms with Gasteiger partial charge in [-0.15, -0.1) is 0 Å². The van der Waals surface area contributed by atoms with Gasteiger partial charge < -0.3 is 19.1 Å². The van der Waals surface area contributed by atoms with Crippen LogP contribution < -0.4 is 9.47 Å². The van der Waals surface area contributed by atoms with Crippen molar-refractivity contribution in [2.45, 2.75) is 38.0 Å². The third-order valence-corrected chi connectivity index (χ3v) is 4.36. The zero-order chi connectivity index (χ0) is 15.7. The highest BCUT2D eigenvalue weighted by Gasteiger charge is 2.28. The van der Waals surface area contributed by atoms with Crippen LogP contribution in [0, 0.1) is 6.92 Å². The van der Waals surface area contributed by atoms with E-state index in [1.54, 1.807) is 0 Å². The van der Waals surface area contributed by atoms with Crippen LogP contribution in [0.25, 0.3) is 0 Å². The largest absolute Gasteiger partial charge is 0.744 e. The van der Waals surface area contributed by atoms with Crippen molar-refractivity contribution in [2.24, 2.45) is 0 Å². The molecule has 6 nitrogen and oxygen atoms in total. The number of phenols is 1. The molecule has 0 spiro atoms. The molecule has 1 unspecified atom stereocenters. The van der Waals surface area contributed by atoms with Gasteiger partial charge in [-0.1, -0.05) is 13.8 Å². The molecule has 0 radical (unpaired) electrons. The molecular weight excluding hydrogens is 284 g/mol. The van der Waals surface area contributed by atoms with Crippen molar-refractivity contribution in [1.82, 2.24) is 0 Å². The van der Waals surface area contributed by atoms with Crippen LogP contribution in [0.2, 0.25) is 0 Å². The van der Waals surface area contributed by atoms with Crippen LogP contribution in [0.4, 0.5) is 0 Å². The molecule has 0 aliphatic rings. The van der Waals surface area contributed by atoms with Crippen LogP contribution in [0.5, 0.6) is 17.2 Å². The summed E-state index contributed by atoms with van der Waals surface area (Å²) in [5, 5.41) is 10.2. The van der Waals surface area contributed by atoms with Gasteiger partial charge in [0.15, 0.2) is 11.5 Å². The number of aromatic hydroxyl groups is 1. The van der Waals surface area contributed by atoms with Crippen molar-refractivity contribution in [1.29, 1.82) is 0 Å². The molecule has 0 bridgehead atoms. The summed E-state index contributed by atoms with van der Waals surface area (Å²) in [6.07, 6.45) is 0.704. The molecule has 0 heterocycles. The third kappa shape index (κ3) is 2.69. The first-order valence-corrected chi connectivity index (χ1v) is 7.54. The number of hydrogen-bond acceptors (Lipinski definition) is 6. The molecule has 0 saturated carbocycles. The average Bonchev–Trinajstić information content (AvgIpc) is 2.38. The average molecular weight is 303 g/mol. The highest BCUT2D eigenvalue weighted by atomic mass is 32.2. The predicted molar refractivity (Wildman–Crippen MR) is 72.6 cm³/mol. The van der Waals surface area contributed by atoms with E-state index in [9.17, 15) is 18.1 Å². The van der Waals surface area contributed by atoms with Gasteiger partial charge in [0.1, 0.15) is 20.8 Å². The van der Waals surface area contributed by atoms with E-state index in [4.69, 9.17) is 9.47 Å². The van der Waals surface area contributed by atoms with Gasteiger partial charge in [0, 0.05) is 11.1 Å². The van der Waals surface area contributed by atoms with Crippen molar-refractivity contribution in [3.63, 3.8) is 0 Å². The van der Waals surface area contributed by atoms with E-state index in [-0.39, 0.29) is 28.7 Å². The SMILES string of the molecule is CCC(C)c1c(O)c(C)c(S(=O)(=O)[O-])c(OC)c1OC. The minimum Gasteiger partial charge on any atom is -0.744 e. The fraction of sp³-hybridized carbons (Fsp3) is 0.538. The van der Waals surface area contributed by atoms with E-state index in [0.717, 1.165) is 0 Å². The molecule has 20 heavy (non-hydrogen) atoms. The zero-order valence-electron chi connectivity index (χ0n) is 12.2. The van der Waals surface area contributed by atoms with E-state index < -0.39 is 15.0 Å². The monoisotopic (exact) mass is 303 g/mol. The second kappa shape index (κ2) is 5.88. The van der Waals surface area contributed by atoms with Gasteiger partial charge in [-0.3, -0.25) is 0 Å². The maximum Gasteiger partial charge on any atom is 0.179 e. The van der Waals surface area contributed by atoms with Gasteiger partial charge in [-0.05, 0) is 19.3 Å². The van der Waals surface area contributed by atoms with Gasteiger partial charge in [0.2, 0.25) is 0 Å². The Labute approximate surface area is 119 Å². The van der Waals surface area contributed by atoms with Crippen molar-refractivity contribution >= 4 is 10.1 Å². The van der Waals surface area contributed by atoms with Crippen LogP contribution in [0.3, 0.4) is 0 Å². The van der Waals surface area contributed by atoms with Crippen molar-refractivity contribution in [3.8, 4) is 17.2 Å². The minimum absolute atomic E-state index is 0.0204. The van der Waals surface area contributed by atoms with Gasteiger partial charge >= 0.3 is 0 Å². The Bertz CT molecular complexity index is 606. The molecular formula is C13H19O6S-. The van der Waals surface area contributed by atoms with Crippen LogP contribution in [0.15, 0.2) is 4.90 Å². The summed E-state index contributed by atoms with van der Waals surface area (Å²) in [7, 11) is -2.21. The molecule has 7 heteroatoms. The van der Waals surface area contributed by atoms with E-state index >= 15 is 0 Å². The first kappa shape index (κ1) is 16.6. The third-order valence-electron chi connectivity index (χ3n) is 3.37. The van der Waals surface area contributed by atoms with Crippen LogP contribution >= 0.6 is 0 Å². The molecule has 1 atom stereocenters. The molecule has 0 aromatic heterocycles. The van der Waals surface area contributed by atoms with Gasteiger partial charge in [0.25, 0.3) is 0 Å². The number of methoxy groups -OCH3 is 2. The van der Waals surface area contributed by atoms with Crippen LogP contribution in [-0.4, -0.2) is 32.3 Å². The van der Waals surface area contributed by atoms with E-state index in [2.05, 4.69) is 0 Å². The molecule has 1 aromatic rings. The van der Waals surface area contributed by atoms with E-state index in [1.807, 2.05) is 13.8 Å². The highest BCUT2D eigenvalue weighted by Crippen LogP contribution is 2.48. The normalized spacial score (nSPS) is 13.1. The summed E-state index contributed by atoms with van der Waals surface area (Å²) in [5.74, 6) is -0.403. The summed E-state index contributed by atoms with van der Waals surface area (Å²) in [6, 6.07) is 0. The fourth-order valence-electron chi connectivity index (χ4n) is 2.16. The number of hydrogen-bond donors (Lipinski definition) is 1. The zero-order valence-corrected chi connectivity index (χ0v) is 13.0. The number of rotatable bonds is 5. The Hall–Kier alpha value is -1.47. The fourth-order valence-corrected chi connectivity index (χ4v) is 3.04. The standard InChI is InChI=1S/C13H20O6S/c1-6-7(2)9-10(14)8(3)13(20(15,16)17)12(19-5)11(9)18-4/h7,14H,6H2,1-5H3,(H,15,16,17)/p-1. The predicted octanol–water partition coefficient (Wildman–Crippen LogP) is 2.14. The molecule has 1 N–H and O–H groups in total. The Morgan fingerprint density at radius 2 is 1.75 bits per heavy atom. The Morgan fingerprint density at radius 1 is 1.25 bits per heavy atom. The second-order valence-electron chi connectivity index (χ2n) is 4.55. The smallest absolute Gasteiger partial charge is 0.179 e. The Balaban J connectivity index is 3.92. The summed E-state index contributed by atoms with van der Waals surface area (Å²) in [6.45, 7) is 5.15. The van der Waals surface area contributed by atoms with E-state index in [0.29, 0.717) is 12.0 Å². The summed E-state index contributed by atoms with van der Waals surface area (Å²) in [5.41, 5.74) is 0.421. The van der Waals surface area contributed by atoms with Crippen molar-refractivity contribution in [2.75, 3.05) is 14.2 Å². The number of benzene rings is 1. The molecule has 0 aliphatic carbocycles. The van der Waals surface area contributed by atoms with Crippen molar-refractivity contribution in [3.05, 3.63) is 11.1 Å². The van der Waals surface area contributed by atoms with Gasteiger partial charge in [0.05, 0.1) is 14.2 Å². The minimum atomic E-state index is -4.80. The summed E-state index contributed by atoms with van der Waals surface area (Å²) < 4.78 is 44.4. The lowest BCUT2D eigenvalue weighted by Gasteiger charge is -2.24. The molecule has 0 saturated heterocycles. The summed E-state index contributed by atoms with van der Waals surface area (Å²) in [4.78, 5) is -0.582. The number of ether oxygens (including phenoxy) is 2. The lowest BCUT2D eigenvalue weighted by molar-refractivity contribution is 0.331. The second-order valence-corrected chi connectivity index (χ2v) is 5.86. The molecule has 1 rings (SSSR count). The van der Waals surface area contributed by atoms with Crippen molar-refractivity contribution < 1.29 is 27.6 Å². The molecule has 0 aliphatic heterocycles. The molecule has 1 aromatic carbocycles. The number of phenolic OH excluding ortho intramolecular Hbond substituents is 1. The van der Waals surface area contributed by atoms with Gasteiger partial charge in [-0.2, -0.15) is 0 Å². The first-order chi connectivity index (χ1) is 9.20. The van der Waals surface area contributed by atoms with Crippen LogP contribution in [0.1, 0.15) is 37.3 Å². The molecule has 114 valence electrons.